The quantitative estimate of drug-likeness (QED) is 0.821. The first-order valence-electron chi connectivity index (χ1n) is 6.99. The number of amides is 1. The zero-order chi connectivity index (χ0) is 13.3. The van der Waals surface area contributed by atoms with Crippen LogP contribution in [0.3, 0.4) is 0 Å². The molecule has 1 N–H and O–H groups in total. The van der Waals surface area contributed by atoms with E-state index in [1.807, 2.05) is 13.8 Å². The predicted molar refractivity (Wildman–Crippen MR) is 68.1 cm³/mol. The lowest BCUT2D eigenvalue weighted by molar-refractivity contribution is -0.159. The molecule has 1 saturated carbocycles. The second-order valence-electron chi connectivity index (χ2n) is 6.17. The van der Waals surface area contributed by atoms with Gasteiger partial charge in [0.15, 0.2) is 0 Å². The van der Waals surface area contributed by atoms with Gasteiger partial charge in [-0.3, -0.25) is 4.79 Å². The summed E-state index contributed by atoms with van der Waals surface area (Å²) in [6.45, 7) is 4.55. The van der Waals surface area contributed by atoms with E-state index in [1.165, 1.54) is 0 Å². The molecular weight excluding hydrogens is 230 g/mol. The van der Waals surface area contributed by atoms with E-state index in [0.29, 0.717) is 6.54 Å². The molecule has 102 valence electrons. The topological polar surface area (TPSA) is 57.6 Å². The molecular formula is C14H23NO3. The van der Waals surface area contributed by atoms with Crippen LogP contribution in [0.5, 0.6) is 0 Å². The van der Waals surface area contributed by atoms with Gasteiger partial charge in [-0.05, 0) is 31.6 Å². The number of hydrogen-bond acceptors (Lipinski definition) is 2. The molecule has 1 heterocycles. The Labute approximate surface area is 108 Å². The second kappa shape index (κ2) is 4.90. The molecule has 1 aliphatic heterocycles. The lowest BCUT2D eigenvalue weighted by Gasteiger charge is -2.41. The molecule has 0 aromatic heterocycles. The second-order valence-corrected chi connectivity index (χ2v) is 6.17. The van der Waals surface area contributed by atoms with E-state index in [2.05, 4.69) is 0 Å². The van der Waals surface area contributed by atoms with Gasteiger partial charge in [0, 0.05) is 12.0 Å². The van der Waals surface area contributed by atoms with Gasteiger partial charge in [0.25, 0.3) is 0 Å². The molecule has 2 unspecified atom stereocenters. The van der Waals surface area contributed by atoms with Crippen molar-refractivity contribution in [3.05, 3.63) is 0 Å². The minimum Gasteiger partial charge on any atom is -0.480 e. The first-order valence-corrected chi connectivity index (χ1v) is 6.99. The normalized spacial score (nSPS) is 31.3. The summed E-state index contributed by atoms with van der Waals surface area (Å²) < 4.78 is 0. The summed E-state index contributed by atoms with van der Waals surface area (Å²) in [5.41, 5.74) is -0.315. The molecule has 18 heavy (non-hydrogen) atoms. The standard InChI is InChI=1S/C14H23NO3/c1-10-6-5-9-15(11(10)12(16)17)13(18)14(2)7-3-4-8-14/h10-11H,3-9H2,1-2H3,(H,16,17). The Morgan fingerprint density at radius 2 is 1.83 bits per heavy atom. The van der Waals surface area contributed by atoms with Crippen molar-refractivity contribution < 1.29 is 14.7 Å². The van der Waals surface area contributed by atoms with E-state index in [1.54, 1.807) is 4.90 Å². The van der Waals surface area contributed by atoms with Gasteiger partial charge in [0.1, 0.15) is 6.04 Å². The largest absolute Gasteiger partial charge is 0.480 e. The van der Waals surface area contributed by atoms with Gasteiger partial charge in [-0.1, -0.05) is 26.7 Å². The summed E-state index contributed by atoms with van der Waals surface area (Å²) in [7, 11) is 0. The average molecular weight is 253 g/mol. The molecule has 4 heteroatoms. The molecule has 1 amide bonds. The summed E-state index contributed by atoms with van der Waals surface area (Å²) in [5, 5.41) is 9.36. The van der Waals surface area contributed by atoms with Crippen LogP contribution in [0.4, 0.5) is 0 Å². The van der Waals surface area contributed by atoms with E-state index >= 15 is 0 Å². The molecule has 0 radical (unpaired) electrons. The van der Waals surface area contributed by atoms with Gasteiger partial charge in [-0.25, -0.2) is 4.79 Å². The highest BCUT2D eigenvalue weighted by molar-refractivity contribution is 5.87. The van der Waals surface area contributed by atoms with Crippen LogP contribution in [-0.2, 0) is 9.59 Å². The summed E-state index contributed by atoms with van der Waals surface area (Å²) >= 11 is 0. The number of carbonyl (C=O) groups is 2. The third kappa shape index (κ3) is 2.25. The number of carbonyl (C=O) groups excluding carboxylic acids is 1. The van der Waals surface area contributed by atoms with Crippen molar-refractivity contribution in [2.24, 2.45) is 11.3 Å². The van der Waals surface area contributed by atoms with Gasteiger partial charge >= 0.3 is 5.97 Å². The number of rotatable bonds is 2. The molecule has 0 aromatic carbocycles. The average Bonchev–Trinajstić information content (AvgIpc) is 2.75. The third-order valence-electron chi connectivity index (χ3n) is 4.67. The molecule has 2 rings (SSSR count). The van der Waals surface area contributed by atoms with Crippen LogP contribution in [0.1, 0.15) is 52.4 Å². The number of aliphatic carboxylic acids is 1. The lowest BCUT2D eigenvalue weighted by Crippen LogP contribution is -2.55. The summed E-state index contributed by atoms with van der Waals surface area (Å²) in [6, 6.07) is -0.622. The Hall–Kier alpha value is -1.06. The van der Waals surface area contributed by atoms with Crippen molar-refractivity contribution in [2.45, 2.75) is 58.4 Å². The Balaban J connectivity index is 2.19. The molecule has 0 spiro atoms. The Bertz CT molecular complexity index is 347. The van der Waals surface area contributed by atoms with Crippen molar-refractivity contribution in [3.63, 3.8) is 0 Å². The van der Waals surface area contributed by atoms with Crippen molar-refractivity contribution in [1.82, 2.24) is 4.90 Å². The Morgan fingerprint density at radius 3 is 2.39 bits per heavy atom. The molecule has 0 bridgehead atoms. The monoisotopic (exact) mass is 253 g/mol. The van der Waals surface area contributed by atoms with Crippen LogP contribution in [0.15, 0.2) is 0 Å². The maximum atomic E-state index is 12.6. The number of nitrogens with zero attached hydrogens (tertiary/aromatic N) is 1. The van der Waals surface area contributed by atoms with Crippen LogP contribution in [0.25, 0.3) is 0 Å². The van der Waals surface area contributed by atoms with Crippen LogP contribution in [0, 0.1) is 11.3 Å². The third-order valence-corrected chi connectivity index (χ3v) is 4.67. The van der Waals surface area contributed by atoms with Crippen molar-refractivity contribution in [2.75, 3.05) is 6.54 Å². The smallest absolute Gasteiger partial charge is 0.326 e. The number of hydrogen-bond donors (Lipinski definition) is 1. The van der Waals surface area contributed by atoms with Gasteiger partial charge in [0.2, 0.25) is 5.91 Å². The maximum absolute atomic E-state index is 12.6. The highest BCUT2D eigenvalue weighted by Crippen LogP contribution is 2.40. The molecule has 4 nitrogen and oxygen atoms in total. The van der Waals surface area contributed by atoms with Gasteiger partial charge in [-0.2, -0.15) is 0 Å². The molecule has 1 aliphatic carbocycles. The van der Waals surface area contributed by atoms with E-state index < -0.39 is 12.0 Å². The zero-order valence-corrected chi connectivity index (χ0v) is 11.3. The molecule has 0 aromatic rings. The van der Waals surface area contributed by atoms with Gasteiger partial charge in [0.05, 0.1) is 0 Å². The lowest BCUT2D eigenvalue weighted by atomic mass is 9.83. The van der Waals surface area contributed by atoms with Gasteiger partial charge in [-0.15, -0.1) is 0 Å². The maximum Gasteiger partial charge on any atom is 0.326 e. The number of carboxylic acid groups (broad SMARTS) is 1. The number of piperidine rings is 1. The predicted octanol–water partition coefficient (Wildman–Crippen LogP) is 2.28. The highest BCUT2D eigenvalue weighted by atomic mass is 16.4. The minimum absolute atomic E-state index is 0.0604. The summed E-state index contributed by atoms with van der Waals surface area (Å²) in [6.07, 6.45) is 5.81. The van der Waals surface area contributed by atoms with E-state index in [9.17, 15) is 14.7 Å². The van der Waals surface area contributed by atoms with Crippen molar-refractivity contribution in [3.8, 4) is 0 Å². The fourth-order valence-corrected chi connectivity index (χ4v) is 3.51. The first kappa shape index (κ1) is 13.4. The Kier molecular flexibility index (Phi) is 3.64. The van der Waals surface area contributed by atoms with Crippen LogP contribution in [0.2, 0.25) is 0 Å². The first-order chi connectivity index (χ1) is 8.46. The summed E-state index contributed by atoms with van der Waals surface area (Å²) in [4.78, 5) is 25.7. The van der Waals surface area contributed by atoms with Crippen molar-refractivity contribution in [1.29, 1.82) is 0 Å². The van der Waals surface area contributed by atoms with E-state index in [4.69, 9.17) is 0 Å². The molecule has 1 saturated heterocycles. The van der Waals surface area contributed by atoms with Crippen LogP contribution >= 0.6 is 0 Å². The highest BCUT2D eigenvalue weighted by Gasteiger charge is 2.45. The number of carboxylic acids is 1. The summed E-state index contributed by atoms with van der Waals surface area (Å²) in [5.74, 6) is -0.721. The Morgan fingerprint density at radius 1 is 1.22 bits per heavy atom. The fraction of sp³-hybridized carbons (Fsp3) is 0.857. The van der Waals surface area contributed by atoms with Crippen LogP contribution < -0.4 is 0 Å². The van der Waals surface area contributed by atoms with Crippen LogP contribution in [-0.4, -0.2) is 34.5 Å². The molecule has 2 atom stereocenters. The van der Waals surface area contributed by atoms with E-state index in [-0.39, 0.29) is 17.2 Å². The minimum atomic E-state index is -0.850. The number of likely N-dealkylation sites (tertiary alicyclic amines) is 1. The van der Waals surface area contributed by atoms with E-state index in [0.717, 1.165) is 38.5 Å². The molecule has 2 fully saturated rings. The zero-order valence-electron chi connectivity index (χ0n) is 11.3. The molecule has 2 aliphatic rings. The SMILES string of the molecule is CC1CCCN(C(=O)C2(C)CCCC2)C1C(=O)O. The fourth-order valence-electron chi connectivity index (χ4n) is 3.51. The van der Waals surface area contributed by atoms with Gasteiger partial charge < -0.3 is 10.0 Å². The van der Waals surface area contributed by atoms with Crippen molar-refractivity contribution >= 4 is 11.9 Å².